The molecule has 0 bridgehead atoms. The van der Waals surface area contributed by atoms with Gasteiger partial charge in [0.2, 0.25) is 0 Å². The van der Waals surface area contributed by atoms with Gasteiger partial charge in [0.15, 0.2) is 0 Å². The number of benzene rings is 1. The molecule has 0 fully saturated rings. The van der Waals surface area contributed by atoms with Gasteiger partial charge in [0.1, 0.15) is 11.0 Å². The van der Waals surface area contributed by atoms with Gasteiger partial charge < -0.3 is 0 Å². The standard InChI is InChI=1S/C8H8N2S.2C2H6/c1-5-3-4-6(2)8-7(5)9-11-10-8;2*1-2/h3-4H,1-2H3;2*1-2H3. The molecule has 3 heteroatoms. The lowest BCUT2D eigenvalue weighted by Gasteiger charge is -1.94. The van der Waals surface area contributed by atoms with E-state index in [2.05, 4.69) is 34.7 Å². The third-order valence-corrected chi connectivity index (χ3v) is 2.35. The fourth-order valence-corrected chi connectivity index (χ4v) is 1.78. The average Bonchev–Trinajstić information content (AvgIpc) is 2.79. The van der Waals surface area contributed by atoms with Crippen LogP contribution in [0.1, 0.15) is 38.8 Å². The SMILES string of the molecule is CC.CC.Cc1ccc(C)c2nsnc12. The van der Waals surface area contributed by atoms with Crippen molar-refractivity contribution in [3.05, 3.63) is 23.3 Å². The average molecular weight is 224 g/mol. The minimum atomic E-state index is 1.05. The molecule has 1 heterocycles. The lowest BCUT2D eigenvalue weighted by Crippen LogP contribution is -1.79. The van der Waals surface area contributed by atoms with E-state index in [0.717, 1.165) is 11.0 Å². The number of aromatic nitrogens is 2. The summed E-state index contributed by atoms with van der Waals surface area (Å²) in [5, 5.41) is 0. The lowest BCUT2D eigenvalue weighted by molar-refractivity contribution is 1.42. The van der Waals surface area contributed by atoms with E-state index in [9.17, 15) is 0 Å². The van der Waals surface area contributed by atoms with Crippen molar-refractivity contribution in [1.82, 2.24) is 8.75 Å². The molecule has 2 rings (SSSR count). The molecule has 0 aliphatic carbocycles. The summed E-state index contributed by atoms with van der Waals surface area (Å²) in [5.41, 5.74) is 4.52. The Morgan fingerprint density at radius 1 is 0.800 bits per heavy atom. The number of hydrogen-bond donors (Lipinski definition) is 0. The highest BCUT2D eigenvalue weighted by atomic mass is 32.1. The van der Waals surface area contributed by atoms with Gasteiger partial charge in [-0.1, -0.05) is 39.8 Å². The third kappa shape index (κ3) is 3.27. The monoisotopic (exact) mass is 224 g/mol. The third-order valence-electron chi connectivity index (χ3n) is 1.82. The fourth-order valence-electron chi connectivity index (χ4n) is 1.11. The van der Waals surface area contributed by atoms with Gasteiger partial charge in [0.25, 0.3) is 0 Å². The summed E-state index contributed by atoms with van der Waals surface area (Å²) in [7, 11) is 0. The molecule has 15 heavy (non-hydrogen) atoms. The van der Waals surface area contributed by atoms with Gasteiger partial charge in [0, 0.05) is 0 Å². The molecule has 0 amide bonds. The maximum atomic E-state index is 4.21. The van der Waals surface area contributed by atoms with Crippen LogP contribution in [0.4, 0.5) is 0 Å². The van der Waals surface area contributed by atoms with Crippen LogP contribution in [0.15, 0.2) is 12.1 Å². The zero-order chi connectivity index (χ0) is 11.8. The van der Waals surface area contributed by atoms with Crippen molar-refractivity contribution < 1.29 is 0 Å². The van der Waals surface area contributed by atoms with E-state index in [0.29, 0.717) is 0 Å². The van der Waals surface area contributed by atoms with Gasteiger partial charge in [-0.25, -0.2) is 0 Å². The topological polar surface area (TPSA) is 25.8 Å². The Kier molecular flexibility index (Phi) is 6.88. The van der Waals surface area contributed by atoms with Crippen LogP contribution in [0.5, 0.6) is 0 Å². The molecule has 0 unspecified atom stereocenters. The Labute approximate surface area is 96.7 Å². The maximum absolute atomic E-state index is 4.21. The number of fused-ring (bicyclic) bond motifs is 1. The fraction of sp³-hybridized carbons (Fsp3) is 0.500. The molecule has 0 N–H and O–H groups in total. The number of hydrogen-bond acceptors (Lipinski definition) is 3. The summed E-state index contributed by atoms with van der Waals surface area (Å²) < 4.78 is 8.42. The van der Waals surface area contributed by atoms with Crippen LogP contribution in [-0.4, -0.2) is 8.75 Å². The molecule has 0 atom stereocenters. The predicted octanol–water partition coefficient (Wildman–Crippen LogP) is 4.36. The highest BCUT2D eigenvalue weighted by Gasteiger charge is 2.02. The molecular formula is C12H20N2S. The van der Waals surface area contributed by atoms with Crippen molar-refractivity contribution in [3.8, 4) is 0 Å². The molecule has 0 saturated carbocycles. The highest BCUT2D eigenvalue weighted by molar-refractivity contribution is 7.00. The lowest BCUT2D eigenvalue weighted by atomic mass is 10.1. The van der Waals surface area contributed by atoms with Crippen molar-refractivity contribution in [2.45, 2.75) is 41.5 Å². The van der Waals surface area contributed by atoms with Gasteiger partial charge in [-0.05, 0) is 25.0 Å². The second-order valence-corrected chi connectivity index (χ2v) is 3.19. The molecule has 0 aliphatic rings. The molecule has 0 spiro atoms. The van der Waals surface area contributed by atoms with Gasteiger partial charge in [-0.3, -0.25) is 0 Å². The number of aryl methyl sites for hydroxylation is 2. The zero-order valence-corrected chi connectivity index (χ0v) is 11.3. The van der Waals surface area contributed by atoms with Gasteiger partial charge in [-0.15, -0.1) is 0 Å². The molecular weight excluding hydrogens is 204 g/mol. The molecule has 1 aromatic carbocycles. The van der Waals surface area contributed by atoms with Gasteiger partial charge >= 0.3 is 0 Å². The van der Waals surface area contributed by atoms with Crippen LogP contribution in [0.3, 0.4) is 0 Å². The Morgan fingerprint density at radius 3 is 1.47 bits per heavy atom. The Bertz CT molecular complexity index is 357. The van der Waals surface area contributed by atoms with Gasteiger partial charge in [-0.2, -0.15) is 8.75 Å². The molecule has 0 radical (unpaired) electrons. The first-order valence-corrected chi connectivity index (χ1v) is 6.20. The quantitative estimate of drug-likeness (QED) is 0.664. The number of rotatable bonds is 0. The van der Waals surface area contributed by atoms with Crippen molar-refractivity contribution in [3.63, 3.8) is 0 Å². The number of nitrogens with zero attached hydrogens (tertiary/aromatic N) is 2. The summed E-state index contributed by atoms with van der Waals surface area (Å²) in [6.07, 6.45) is 0. The smallest absolute Gasteiger partial charge is 0.107 e. The first-order valence-electron chi connectivity index (χ1n) is 5.47. The van der Waals surface area contributed by atoms with E-state index in [1.54, 1.807) is 0 Å². The van der Waals surface area contributed by atoms with Crippen LogP contribution in [0, 0.1) is 13.8 Å². The van der Waals surface area contributed by atoms with Crippen LogP contribution in [0.25, 0.3) is 11.0 Å². The van der Waals surface area contributed by atoms with E-state index in [-0.39, 0.29) is 0 Å². The Balaban J connectivity index is 0.000000442. The second kappa shape index (κ2) is 7.35. The maximum Gasteiger partial charge on any atom is 0.107 e. The van der Waals surface area contributed by atoms with E-state index in [4.69, 9.17) is 0 Å². The Hall–Kier alpha value is -0.960. The van der Waals surface area contributed by atoms with Crippen LogP contribution in [0.2, 0.25) is 0 Å². The van der Waals surface area contributed by atoms with Crippen LogP contribution in [-0.2, 0) is 0 Å². The molecule has 2 aromatic rings. The van der Waals surface area contributed by atoms with E-state index in [1.165, 1.54) is 22.9 Å². The van der Waals surface area contributed by atoms with E-state index >= 15 is 0 Å². The predicted molar refractivity (Wildman–Crippen MR) is 69.6 cm³/mol. The van der Waals surface area contributed by atoms with Gasteiger partial charge in [0.05, 0.1) is 11.7 Å². The summed E-state index contributed by atoms with van der Waals surface area (Å²) in [4.78, 5) is 0. The largest absolute Gasteiger partial charge is 0.173 e. The van der Waals surface area contributed by atoms with Crippen molar-refractivity contribution >= 4 is 22.8 Å². The van der Waals surface area contributed by atoms with E-state index < -0.39 is 0 Å². The Morgan fingerprint density at radius 2 is 1.13 bits per heavy atom. The second-order valence-electron chi connectivity index (χ2n) is 2.66. The van der Waals surface area contributed by atoms with E-state index in [1.807, 2.05) is 27.7 Å². The summed E-state index contributed by atoms with van der Waals surface area (Å²) >= 11 is 1.28. The highest BCUT2D eigenvalue weighted by Crippen LogP contribution is 2.18. The molecule has 0 saturated heterocycles. The normalized spacial score (nSPS) is 8.67. The van der Waals surface area contributed by atoms with Crippen LogP contribution >= 0.6 is 11.7 Å². The zero-order valence-electron chi connectivity index (χ0n) is 10.5. The minimum Gasteiger partial charge on any atom is -0.173 e. The first-order chi connectivity index (χ1) is 7.29. The van der Waals surface area contributed by atoms with Crippen molar-refractivity contribution in [2.24, 2.45) is 0 Å². The molecule has 2 nitrogen and oxygen atoms in total. The summed E-state index contributed by atoms with van der Waals surface area (Å²) in [6.45, 7) is 12.1. The summed E-state index contributed by atoms with van der Waals surface area (Å²) in [5.74, 6) is 0. The van der Waals surface area contributed by atoms with Crippen molar-refractivity contribution in [1.29, 1.82) is 0 Å². The molecule has 1 aromatic heterocycles. The first kappa shape index (κ1) is 14.0. The van der Waals surface area contributed by atoms with Crippen LogP contribution < -0.4 is 0 Å². The minimum absolute atomic E-state index is 1.05. The molecule has 0 aliphatic heterocycles. The van der Waals surface area contributed by atoms with Crippen molar-refractivity contribution in [2.75, 3.05) is 0 Å². The molecule has 84 valence electrons. The summed E-state index contributed by atoms with van der Waals surface area (Å²) in [6, 6.07) is 4.16.